The van der Waals surface area contributed by atoms with Gasteiger partial charge in [-0.15, -0.1) is 0 Å². The molecule has 0 aromatic heterocycles. The van der Waals surface area contributed by atoms with Crippen LogP contribution in [0, 0.1) is 11.7 Å². The topological polar surface area (TPSA) is 51.1 Å². The molecule has 0 radical (unpaired) electrons. The van der Waals surface area contributed by atoms with Crippen molar-refractivity contribution in [2.24, 2.45) is 10.9 Å². The van der Waals surface area contributed by atoms with Crippen LogP contribution in [0.4, 0.5) is 10.1 Å². The average Bonchev–Trinajstić information content (AvgIpc) is 3.24. The summed E-state index contributed by atoms with van der Waals surface area (Å²) in [6.45, 7) is 4.92. The Morgan fingerprint density at radius 2 is 1.77 bits per heavy atom. The number of hydrogen-bond acceptors (Lipinski definition) is 5. The van der Waals surface area contributed by atoms with E-state index >= 15 is 0 Å². The molecule has 0 N–H and O–H groups in total. The van der Waals surface area contributed by atoms with Crippen LogP contribution in [0.15, 0.2) is 82.7 Å². The van der Waals surface area contributed by atoms with Gasteiger partial charge in [0, 0.05) is 6.04 Å². The van der Waals surface area contributed by atoms with E-state index in [9.17, 15) is 9.18 Å². The Morgan fingerprint density at radius 1 is 1.00 bits per heavy atom. The number of benzene rings is 3. The molecule has 202 valence electrons. The van der Waals surface area contributed by atoms with Gasteiger partial charge < -0.3 is 9.47 Å². The Morgan fingerprint density at radius 3 is 2.51 bits per heavy atom. The van der Waals surface area contributed by atoms with Gasteiger partial charge in [0.2, 0.25) is 0 Å². The summed E-state index contributed by atoms with van der Waals surface area (Å²) in [7, 11) is 0. The minimum atomic E-state index is -0.279. The summed E-state index contributed by atoms with van der Waals surface area (Å²) in [6, 6.07) is 21.8. The number of carbonyl (C=O) groups excluding carboxylic acids is 1. The quantitative estimate of drug-likeness (QED) is 0.270. The van der Waals surface area contributed by atoms with Crippen LogP contribution in [0.5, 0.6) is 11.5 Å². The maximum Gasteiger partial charge on any atom is 0.267 e. The lowest BCUT2D eigenvalue weighted by Gasteiger charge is -2.35. The van der Waals surface area contributed by atoms with Crippen LogP contribution >= 0.6 is 11.8 Å². The number of carbonyl (C=O) groups is 1. The second-order valence-corrected chi connectivity index (χ2v) is 10.9. The zero-order valence-electron chi connectivity index (χ0n) is 22.3. The summed E-state index contributed by atoms with van der Waals surface area (Å²) in [6.07, 6.45) is 6.35. The van der Waals surface area contributed by atoms with Gasteiger partial charge in [-0.2, -0.15) is 0 Å². The van der Waals surface area contributed by atoms with Gasteiger partial charge in [-0.05, 0) is 91.0 Å². The van der Waals surface area contributed by atoms with Crippen molar-refractivity contribution in [1.29, 1.82) is 0 Å². The summed E-state index contributed by atoms with van der Waals surface area (Å²) >= 11 is 1.43. The first kappa shape index (κ1) is 27.0. The molecule has 0 bridgehead atoms. The van der Waals surface area contributed by atoms with E-state index in [0.717, 1.165) is 41.2 Å². The number of ether oxygens (including phenoxy) is 2. The number of amides is 1. The molecule has 5 nitrogen and oxygen atoms in total. The highest BCUT2D eigenvalue weighted by Crippen LogP contribution is 2.40. The number of para-hydroxylation sites is 1. The molecule has 1 amide bonds. The lowest BCUT2D eigenvalue weighted by Crippen LogP contribution is -2.44. The van der Waals surface area contributed by atoms with Crippen molar-refractivity contribution in [3.63, 3.8) is 0 Å². The summed E-state index contributed by atoms with van der Waals surface area (Å²) in [5.41, 5.74) is 2.55. The first-order chi connectivity index (χ1) is 19.0. The standard InChI is InChI=1S/C32H33FN2O3S/c1-3-37-29-19-24(15-18-28(29)38-21-23-13-16-25(33)17-14-23)20-30-31(36)35(27-12-8-7-9-22(27)2)32(39-30)34-26-10-5-4-6-11-26/h4-6,10-11,13-20,22,27H,3,7-9,12,21H2,1-2H3/b30-20-,34-32?/t22-,27-/m0/s1. The van der Waals surface area contributed by atoms with Crippen molar-refractivity contribution in [2.45, 2.75) is 52.2 Å². The third-order valence-corrected chi connectivity index (χ3v) is 8.07. The first-order valence-electron chi connectivity index (χ1n) is 13.5. The Labute approximate surface area is 233 Å². The van der Waals surface area contributed by atoms with E-state index < -0.39 is 0 Å². The van der Waals surface area contributed by atoms with Crippen molar-refractivity contribution in [1.82, 2.24) is 4.90 Å². The number of aliphatic imine (C=N–C) groups is 1. The second kappa shape index (κ2) is 12.5. The molecule has 1 heterocycles. The van der Waals surface area contributed by atoms with E-state index in [1.165, 1.54) is 30.3 Å². The fourth-order valence-electron chi connectivity index (χ4n) is 5.05. The lowest BCUT2D eigenvalue weighted by molar-refractivity contribution is -0.124. The SMILES string of the molecule is CCOc1cc(/C=C2\SC(=Nc3ccccc3)N([C@H]3CCCC[C@@H]3C)C2=O)ccc1OCc1ccc(F)cc1. The van der Waals surface area contributed by atoms with Gasteiger partial charge >= 0.3 is 0 Å². The second-order valence-electron chi connectivity index (χ2n) is 9.90. The van der Waals surface area contributed by atoms with Crippen LogP contribution in [-0.2, 0) is 11.4 Å². The van der Waals surface area contributed by atoms with Crippen molar-refractivity contribution in [3.05, 3.63) is 94.6 Å². The van der Waals surface area contributed by atoms with Gasteiger partial charge in [-0.25, -0.2) is 9.38 Å². The zero-order valence-corrected chi connectivity index (χ0v) is 23.1. The number of halogens is 1. The van der Waals surface area contributed by atoms with Gasteiger partial charge in [0.1, 0.15) is 12.4 Å². The molecule has 1 saturated carbocycles. The number of thioether (sulfide) groups is 1. The van der Waals surface area contributed by atoms with Gasteiger partial charge in [-0.3, -0.25) is 9.69 Å². The minimum Gasteiger partial charge on any atom is -0.490 e. The molecule has 5 rings (SSSR count). The van der Waals surface area contributed by atoms with Crippen LogP contribution in [0.2, 0.25) is 0 Å². The van der Waals surface area contributed by atoms with Gasteiger partial charge in [0.25, 0.3) is 5.91 Å². The first-order valence-corrected chi connectivity index (χ1v) is 14.3. The predicted octanol–water partition coefficient (Wildman–Crippen LogP) is 7.99. The van der Waals surface area contributed by atoms with Gasteiger partial charge in [0.05, 0.1) is 17.2 Å². The fraction of sp³-hybridized carbons (Fsp3) is 0.312. The molecule has 1 saturated heterocycles. The predicted molar refractivity (Wildman–Crippen MR) is 156 cm³/mol. The minimum absolute atomic E-state index is 0.00280. The van der Waals surface area contributed by atoms with Crippen molar-refractivity contribution in [2.75, 3.05) is 6.61 Å². The smallest absolute Gasteiger partial charge is 0.267 e. The highest BCUT2D eigenvalue weighted by atomic mass is 32.2. The molecule has 2 atom stereocenters. The van der Waals surface area contributed by atoms with Gasteiger partial charge in [-0.1, -0.05) is 56.2 Å². The molecule has 3 aromatic rings. The van der Waals surface area contributed by atoms with Crippen LogP contribution < -0.4 is 9.47 Å². The Hall–Kier alpha value is -3.58. The molecular formula is C32H33FN2O3S. The van der Waals surface area contributed by atoms with E-state index in [0.29, 0.717) is 35.5 Å². The molecule has 0 spiro atoms. The third kappa shape index (κ3) is 6.53. The molecular weight excluding hydrogens is 511 g/mol. The van der Waals surface area contributed by atoms with E-state index in [2.05, 4.69) is 6.92 Å². The number of hydrogen-bond donors (Lipinski definition) is 0. The molecule has 3 aromatic carbocycles. The normalized spacial score (nSPS) is 21.5. The fourth-order valence-corrected chi connectivity index (χ4v) is 6.09. The van der Waals surface area contributed by atoms with E-state index in [1.807, 2.05) is 66.4 Å². The summed E-state index contributed by atoms with van der Waals surface area (Å²) in [4.78, 5) is 21.2. The molecule has 2 fully saturated rings. The highest BCUT2D eigenvalue weighted by molar-refractivity contribution is 8.18. The van der Waals surface area contributed by atoms with Crippen molar-refractivity contribution in [3.8, 4) is 11.5 Å². The highest BCUT2D eigenvalue weighted by Gasteiger charge is 2.41. The molecule has 7 heteroatoms. The largest absolute Gasteiger partial charge is 0.490 e. The Bertz CT molecular complexity index is 1360. The Kier molecular flexibility index (Phi) is 8.67. The van der Waals surface area contributed by atoms with Crippen molar-refractivity contribution < 1.29 is 18.7 Å². The van der Waals surface area contributed by atoms with Crippen LogP contribution in [-0.4, -0.2) is 28.6 Å². The number of amidine groups is 1. The Balaban J connectivity index is 1.42. The molecule has 0 unspecified atom stereocenters. The molecule has 39 heavy (non-hydrogen) atoms. The summed E-state index contributed by atoms with van der Waals surface area (Å²) in [5, 5.41) is 0.737. The van der Waals surface area contributed by atoms with Crippen LogP contribution in [0.3, 0.4) is 0 Å². The lowest BCUT2D eigenvalue weighted by atomic mass is 9.85. The molecule has 1 aliphatic carbocycles. The van der Waals surface area contributed by atoms with Crippen LogP contribution in [0.1, 0.15) is 50.7 Å². The number of nitrogens with zero attached hydrogens (tertiary/aromatic N) is 2. The summed E-state index contributed by atoms with van der Waals surface area (Å²) in [5.74, 6) is 1.34. The molecule has 2 aliphatic rings. The third-order valence-electron chi connectivity index (χ3n) is 7.09. The zero-order chi connectivity index (χ0) is 27.2. The van der Waals surface area contributed by atoms with Crippen molar-refractivity contribution >= 4 is 34.6 Å². The summed E-state index contributed by atoms with van der Waals surface area (Å²) < 4.78 is 25.1. The van der Waals surface area contributed by atoms with Gasteiger partial charge in [0.15, 0.2) is 16.7 Å². The maximum absolute atomic E-state index is 13.8. The van der Waals surface area contributed by atoms with Crippen LogP contribution in [0.25, 0.3) is 6.08 Å². The monoisotopic (exact) mass is 544 g/mol. The average molecular weight is 545 g/mol. The molecule has 1 aliphatic heterocycles. The maximum atomic E-state index is 13.8. The van der Waals surface area contributed by atoms with E-state index in [4.69, 9.17) is 14.5 Å². The van der Waals surface area contributed by atoms with E-state index in [-0.39, 0.29) is 17.8 Å². The number of rotatable bonds is 8. The van der Waals surface area contributed by atoms with E-state index in [1.54, 1.807) is 12.1 Å².